The van der Waals surface area contributed by atoms with Crippen molar-refractivity contribution in [2.75, 3.05) is 4.90 Å². The van der Waals surface area contributed by atoms with E-state index in [1.807, 2.05) is 11.3 Å². The predicted octanol–water partition coefficient (Wildman–Crippen LogP) is 19.1. The van der Waals surface area contributed by atoms with E-state index in [2.05, 4.69) is 236 Å². The quantitative estimate of drug-likeness (QED) is 0.147. The fourth-order valence-corrected chi connectivity index (χ4v) is 13.4. The van der Waals surface area contributed by atoms with Crippen molar-refractivity contribution in [3.8, 4) is 44.5 Å². The van der Waals surface area contributed by atoms with Crippen molar-refractivity contribution in [3.63, 3.8) is 0 Å². The third kappa shape index (κ3) is 6.57. The molecule has 0 amide bonds. The zero-order valence-corrected chi connectivity index (χ0v) is 39.1. The van der Waals surface area contributed by atoms with Gasteiger partial charge < -0.3 is 4.90 Å². The molecule has 10 aromatic carbocycles. The zero-order chi connectivity index (χ0) is 45.2. The van der Waals surface area contributed by atoms with Crippen molar-refractivity contribution in [1.29, 1.82) is 0 Å². The number of nitrogens with zero attached hydrogens (tertiary/aromatic N) is 1. The molecule has 0 bridgehead atoms. The monoisotopic (exact) mass is 889 g/mol. The van der Waals surface area contributed by atoms with E-state index in [1.165, 1.54) is 130 Å². The summed E-state index contributed by atoms with van der Waals surface area (Å²) in [5.74, 6) is 0.578. The molecule has 1 saturated carbocycles. The Hall–Kier alpha value is -7.52. The van der Waals surface area contributed by atoms with Crippen molar-refractivity contribution in [3.05, 3.63) is 247 Å². The standard InChI is InChI=1S/C66H51NS/c1-66(48-24-6-3-7-25-48)59-35-11-8-29-58(59)64-52(31-18-36-60(64)66)45-39-41-49(42-40-45)67(50-26-14-23-47(43-50)53-32-17-34-57-55-28-10-13-38-62(55)68-65(53)57)61-37-12-9-27-54(61)56-33-16-22-46-21-15-30-51(63(46)56)44-19-4-2-5-20-44/h3,6-18,21-44H,2,4-5,19-20H2,1H3. The highest BCUT2D eigenvalue weighted by Crippen LogP contribution is 2.55. The Labute approximate surface area is 403 Å². The molecule has 11 aromatic rings. The van der Waals surface area contributed by atoms with Gasteiger partial charge in [-0.3, -0.25) is 0 Å². The van der Waals surface area contributed by atoms with E-state index in [0.29, 0.717) is 5.92 Å². The summed E-state index contributed by atoms with van der Waals surface area (Å²) in [4.78, 5) is 2.51. The molecule has 1 heterocycles. The molecule has 13 rings (SSSR count). The molecule has 0 spiro atoms. The molecule has 68 heavy (non-hydrogen) atoms. The SMILES string of the molecule is CC1(c2ccccc2)c2ccccc2-c2c(-c3ccc(N(c4cccc(-c5cccc6c5sc5ccccc56)c4)c4ccccc4-c4cccc5cccc(C6CCCCC6)c45)cc3)cccc21. The van der Waals surface area contributed by atoms with Gasteiger partial charge in [0.25, 0.3) is 0 Å². The van der Waals surface area contributed by atoms with E-state index in [9.17, 15) is 0 Å². The maximum absolute atomic E-state index is 2.51. The van der Waals surface area contributed by atoms with E-state index >= 15 is 0 Å². The maximum Gasteiger partial charge on any atom is 0.0540 e. The lowest BCUT2D eigenvalue weighted by Crippen LogP contribution is -2.22. The van der Waals surface area contributed by atoms with Crippen molar-refractivity contribution in [1.82, 2.24) is 0 Å². The van der Waals surface area contributed by atoms with E-state index in [4.69, 9.17) is 0 Å². The summed E-state index contributed by atoms with van der Waals surface area (Å²) in [6.45, 7) is 2.40. The normalized spacial score (nSPS) is 15.7. The topological polar surface area (TPSA) is 3.24 Å². The highest BCUT2D eigenvalue weighted by Gasteiger charge is 2.41. The number of hydrogen-bond donors (Lipinski definition) is 0. The highest BCUT2D eigenvalue weighted by atomic mass is 32.1. The molecule has 1 unspecified atom stereocenters. The van der Waals surface area contributed by atoms with Crippen LogP contribution < -0.4 is 4.90 Å². The lowest BCUT2D eigenvalue weighted by atomic mass is 9.74. The molecule has 1 fully saturated rings. The third-order valence-corrected chi connectivity index (χ3v) is 16.6. The summed E-state index contributed by atoms with van der Waals surface area (Å²) in [6, 6.07) is 84.3. The minimum absolute atomic E-state index is 0.257. The largest absolute Gasteiger partial charge is 0.310 e. The summed E-state index contributed by atoms with van der Waals surface area (Å²) in [5.41, 5.74) is 18.8. The van der Waals surface area contributed by atoms with E-state index in [0.717, 1.165) is 17.1 Å². The summed E-state index contributed by atoms with van der Waals surface area (Å²) >= 11 is 1.89. The van der Waals surface area contributed by atoms with Crippen LogP contribution in [0.15, 0.2) is 224 Å². The lowest BCUT2D eigenvalue weighted by molar-refractivity contribution is 0.445. The number of benzene rings is 10. The van der Waals surface area contributed by atoms with Gasteiger partial charge in [0, 0.05) is 42.5 Å². The van der Waals surface area contributed by atoms with Gasteiger partial charge in [0.15, 0.2) is 0 Å². The molecule has 2 heteroatoms. The highest BCUT2D eigenvalue weighted by molar-refractivity contribution is 7.26. The molecular weight excluding hydrogens is 839 g/mol. The number of fused-ring (bicyclic) bond motifs is 7. The average Bonchev–Trinajstić information content (AvgIpc) is 3.93. The van der Waals surface area contributed by atoms with Crippen molar-refractivity contribution >= 4 is 59.3 Å². The van der Waals surface area contributed by atoms with E-state index < -0.39 is 0 Å². The van der Waals surface area contributed by atoms with Crippen LogP contribution in [-0.2, 0) is 5.41 Å². The molecule has 0 aliphatic heterocycles. The summed E-state index contributed by atoms with van der Waals surface area (Å²) in [7, 11) is 0. The molecule has 1 atom stereocenters. The molecule has 0 saturated heterocycles. The third-order valence-electron chi connectivity index (χ3n) is 15.4. The number of rotatable bonds is 8. The molecule has 0 N–H and O–H groups in total. The van der Waals surface area contributed by atoms with Gasteiger partial charge in [-0.2, -0.15) is 0 Å². The van der Waals surface area contributed by atoms with Gasteiger partial charge in [0.05, 0.1) is 5.69 Å². The van der Waals surface area contributed by atoms with Crippen LogP contribution in [0.3, 0.4) is 0 Å². The van der Waals surface area contributed by atoms with E-state index in [1.54, 1.807) is 0 Å². The molecule has 1 nitrogen and oxygen atoms in total. The van der Waals surface area contributed by atoms with Crippen LogP contribution in [0.25, 0.3) is 75.5 Å². The minimum Gasteiger partial charge on any atom is -0.310 e. The number of thiophene rings is 1. The first-order valence-electron chi connectivity index (χ1n) is 24.4. The first kappa shape index (κ1) is 40.7. The average molecular weight is 890 g/mol. The molecule has 1 aromatic heterocycles. The zero-order valence-electron chi connectivity index (χ0n) is 38.3. The van der Waals surface area contributed by atoms with Crippen LogP contribution in [0.5, 0.6) is 0 Å². The van der Waals surface area contributed by atoms with E-state index in [-0.39, 0.29) is 5.41 Å². The van der Waals surface area contributed by atoms with Crippen LogP contribution in [0.4, 0.5) is 17.1 Å². The Morgan fingerprint density at radius 1 is 0.456 bits per heavy atom. The summed E-state index contributed by atoms with van der Waals surface area (Å²) in [5, 5.41) is 5.35. The minimum atomic E-state index is -0.257. The number of hydrogen-bond acceptors (Lipinski definition) is 2. The van der Waals surface area contributed by atoms with Gasteiger partial charge in [-0.15, -0.1) is 11.3 Å². The summed E-state index contributed by atoms with van der Waals surface area (Å²) < 4.78 is 2.65. The summed E-state index contributed by atoms with van der Waals surface area (Å²) in [6.07, 6.45) is 6.47. The van der Waals surface area contributed by atoms with Gasteiger partial charge in [0.2, 0.25) is 0 Å². The predicted molar refractivity (Wildman–Crippen MR) is 291 cm³/mol. The Morgan fingerprint density at radius 2 is 1.10 bits per heavy atom. The number of anilines is 3. The molecule has 0 radical (unpaired) electrons. The first-order valence-corrected chi connectivity index (χ1v) is 25.3. The number of para-hydroxylation sites is 1. The van der Waals surface area contributed by atoms with Crippen molar-refractivity contribution in [2.45, 2.75) is 50.4 Å². The van der Waals surface area contributed by atoms with Gasteiger partial charge in [-0.1, -0.05) is 207 Å². The Balaban J connectivity index is 0.991. The van der Waals surface area contributed by atoms with Gasteiger partial charge in [0.1, 0.15) is 0 Å². The van der Waals surface area contributed by atoms with Crippen LogP contribution >= 0.6 is 11.3 Å². The Morgan fingerprint density at radius 3 is 1.97 bits per heavy atom. The smallest absolute Gasteiger partial charge is 0.0540 e. The molecule has 2 aliphatic rings. The van der Waals surface area contributed by atoms with Gasteiger partial charge in [-0.25, -0.2) is 0 Å². The Bertz CT molecular complexity index is 3680. The van der Waals surface area contributed by atoms with Gasteiger partial charge in [-0.05, 0) is 134 Å². The Kier molecular flexibility index (Phi) is 9.98. The van der Waals surface area contributed by atoms with Gasteiger partial charge >= 0.3 is 0 Å². The second kappa shape index (κ2) is 16.7. The maximum atomic E-state index is 2.51. The van der Waals surface area contributed by atoms with Crippen molar-refractivity contribution < 1.29 is 0 Å². The van der Waals surface area contributed by atoms with Crippen LogP contribution in [0.1, 0.15) is 67.2 Å². The van der Waals surface area contributed by atoms with Crippen LogP contribution in [0.2, 0.25) is 0 Å². The molecular formula is C66H51NS. The van der Waals surface area contributed by atoms with Crippen LogP contribution in [0, 0.1) is 0 Å². The lowest BCUT2D eigenvalue weighted by Gasteiger charge is -2.30. The second-order valence-electron chi connectivity index (χ2n) is 19.1. The molecule has 2 aliphatic carbocycles. The fraction of sp³-hybridized carbons (Fsp3) is 0.121. The second-order valence-corrected chi connectivity index (χ2v) is 20.1. The van der Waals surface area contributed by atoms with Crippen LogP contribution in [-0.4, -0.2) is 0 Å². The van der Waals surface area contributed by atoms with Crippen molar-refractivity contribution in [2.24, 2.45) is 0 Å². The first-order chi connectivity index (χ1) is 33.6. The fourth-order valence-electron chi connectivity index (χ4n) is 12.1. The molecule has 326 valence electrons.